The summed E-state index contributed by atoms with van der Waals surface area (Å²) in [6.07, 6.45) is 1.87. The number of hydrogen-bond donors (Lipinski definition) is 1. The Balaban J connectivity index is 1.84. The molecule has 0 fully saturated rings. The van der Waals surface area contributed by atoms with Crippen LogP contribution >= 0.6 is 0 Å². The van der Waals surface area contributed by atoms with Gasteiger partial charge in [-0.1, -0.05) is 31.1 Å². The monoisotopic (exact) mass is 276 g/mol. The normalized spacial score (nSPS) is 11.0. The van der Waals surface area contributed by atoms with Crippen LogP contribution in [0.3, 0.4) is 0 Å². The highest BCUT2D eigenvalue weighted by Crippen LogP contribution is 2.14. The Morgan fingerprint density at radius 1 is 1.25 bits per heavy atom. The van der Waals surface area contributed by atoms with Gasteiger partial charge in [-0.2, -0.15) is 4.98 Å². The second-order valence-electron chi connectivity index (χ2n) is 5.13. The lowest BCUT2D eigenvalue weighted by molar-refractivity contribution is 0.242. The zero-order chi connectivity index (χ0) is 14.4. The summed E-state index contributed by atoms with van der Waals surface area (Å²) in [6, 6.07) is 7.25. The molecule has 108 valence electrons. The maximum Gasteiger partial charge on any atom is 0.264 e. The van der Waals surface area contributed by atoms with Crippen LogP contribution in [0.25, 0.3) is 0 Å². The zero-order valence-electron chi connectivity index (χ0n) is 11.9. The van der Waals surface area contributed by atoms with Gasteiger partial charge in [-0.25, -0.2) is 0 Å². The molecule has 0 bridgehead atoms. The summed E-state index contributed by atoms with van der Waals surface area (Å²) in [5.41, 5.74) is 0.853. The van der Waals surface area contributed by atoms with Crippen LogP contribution in [0.1, 0.15) is 37.5 Å². The minimum absolute atomic E-state index is 0.0309. The highest BCUT2D eigenvalue weighted by Gasteiger charge is 2.07. The molecule has 1 N–H and O–H groups in total. The van der Waals surface area contributed by atoms with E-state index >= 15 is 0 Å². The van der Waals surface area contributed by atoms with E-state index in [1.165, 1.54) is 0 Å². The van der Waals surface area contributed by atoms with Crippen molar-refractivity contribution in [2.45, 2.75) is 39.9 Å². The number of aryl methyl sites for hydroxylation is 1. The molecule has 1 heterocycles. The molecule has 0 aliphatic rings. The minimum Gasteiger partial charge on any atom is -0.484 e. The van der Waals surface area contributed by atoms with E-state index in [4.69, 9.17) is 14.4 Å². The minimum atomic E-state index is 0.0309. The fourth-order valence-corrected chi connectivity index (χ4v) is 1.70. The molecule has 2 aromatic rings. The summed E-state index contributed by atoms with van der Waals surface area (Å²) < 4.78 is 10.7. The zero-order valence-corrected chi connectivity index (χ0v) is 11.9. The Bertz CT molecular complexity index is 520. The molecule has 0 spiro atoms. The van der Waals surface area contributed by atoms with Crippen molar-refractivity contribution in [3.05, 3.63) is 41.5 Å². The number of aromatic nitrogens is 2. The molecule has 0 amide bonds. The van der Waals surface area contributed by atoms with E-state index < -0.39 is 0 Å². The summed E-state index contributed by atoms with van der Waals surface area (Å²) in [5.74, 6) is 2.55. The van der Waals surface area contributed by atoms with Crippen molar-refractivity contribution in [1.29, 1.82) is 0 Å². The largest absolute Gasteiger partial charge is 0.484 e. The molecule has 1 aromatic carbocycles. The van der Waals surface area contributed by atoms with Crippen LogP contribution in [0.4, 0.5) is 0 Å². The lowest BCUT2D eigenvalue weighted by atomic mass is 10.1. The molecule has 0 atom stereocenters. The smallest absolute Gasteiger partial charge is 0.264 e. The second-order valence-corrected chi connectivity index (χ2v) is 5.13. The van der Waals surface area contributed by atoms with Crippen LogP contribution in [0.15, 0.2) is 28.8 Å². The van der Waals surface area contributed by atoms with Gasteiger partial charge in [0.25, 0.3) is 5.89 Å². The average Bonchev–Trinajstić information content (AvgIpc) is 2.91. The standard InChI is InChI=1S/C15H20N2O3/c1-11(2)3-8-14-16-15(20-17-14)10-19-13-6-4-12(9-18)5-7-13/h4-7,11,18H,3,8-10H2,1-2H3. The molecule has 2 rings (SSSR count). The number of hydrogen-bond acceptors (Lipinski definition) is 5. The Hall–Kier alpha value is -1.88. The molecular weight excluding hydrogens is 256 g/mol. The van der Waals surface area contributed by atoms with Crippen molar-refractivity contribution in [2.75, 3.05) is 0 Å². The van der Waals surface area contributed by atoms with E-state index in [1.807, 2.05) is 24.3 Å². The van der Waals surface area contributed by atoms with Crippen LogP contribution in [0, 0.1) is 5.92 Å². The van der Waals surface area contributed by atoms with Crippen LogP contribution in [0.5, 0.6) is 5.75 Å². The van der Waals surface area contributed by atoms with Crippen LogP contribution < -0.4 is 4.74 Å². The van der Waals surface area contributed by atoms with Crippen molar-refractivity contribution in [3.63, 3.8) is 0 Å². The third-order valence-corrected chi connectivity index (χ3v) is 2.92. The lowest BCUT2D eigenvalue weighted by Crippen LogP contribution is -1.97. The van der Waals surface area contributed by atoms with Crippen molar-refractivity contribution in [2.24, 2.45) is 5.92 Å². The van der Waals surface area contributed by atoms with Crippen LogP contribution in [-0.4, -0.2) is 15.2 Å². The average molecular weight is 276 g/mol. The summed E-state index contributed by atoms with van der Waals surface area (Å²) in [7, 11) is 0. The van der Waals surface area contributed by atoms with Gasteiger partial charge in [-0.15, -0.1) is 0 Å². The topological polar surface area (TPSA) is 68.4 Å². The van der Waals surface area contributed by atoms with Crippen molar-refractivity contribution < 1.29 is 14.4 Å². The van der Waals surface area contributed by atoms with Gasteiger partial charge >= 0.3 is 0 Å². The summed E-state index contributed by atoms with van der Waals surface area (Å²) >= 11 is 0. The van der Waals surface area contributed by atoms with Gasteiger partial charge in [0.2, 0.25) is 0 Å². The van der Waals surface area contributed by atoms with Gasteiger partial charge in [0.1, 0.15) is 5.75 Å². The number of rotatable bonds is 7. The first-order valence-corrected chi connectivity index (χ1v) is 6.81. The van der Waals surface area contributed by atoms with E-state index in [-0.39, 0.29) is 13.2 Å². The van der Waals surface area contributed by atoms with E-state index in [0.29, 0.717) is 17.6 Å². The maximum absolute atomic E-state index is 8.95. The highest BCUT2D eigenvalue weighted by atomic mass is 16.5. The summed E-state index contributed by atoms with van der Waals surface area (Å²) in [5, 5.41) is 12.9. The van der Waals surface area contributed by atoms with Gasteiger partial charge in [-0.3, -0.25) is 0 Å². The molecule has 5 heteroatoms. The Labute approximate surface area is 118 Å². The SMILES string of the molecule is CC(C)CCc1noc(COc2ccc(CO)cc2)n1. The predicted molar refractivity (Wildman–Crippen MR) is 74.2 cm³/mol. The number of nitrogens with zero attached hydrogens (tertiary/aromatic N) is 2. The molecule has 1 aromatic heterocycles. The van der Waals surface area contributed by atoms with Crippen molar-refractivity contribution >= 4 is 0 Å². The van der Waals surface area contributed by atoms with E-state index in [9.17, 15) is 0 Å². The molecular formula is C15H20N2O3. The van der Waals surface area contributed by atoms with E-state index in [0.717, 1.165) is 24.2 Å². The van der Waals surface area contributed by atoms with Gasteiger partial charge < -0.3 is 14.4 Å². The summed E-state index contributed by atoms with van der Waals surface area (Å²) in [4.78, 5) is 4.29. The molecule has 0 saturated heterocycles. The molecule has 5 nitrogen and oxygen atoms in total. The van der Waals surface area contributed by atoms with Gasteiger partial charge in [-0.05, 0) is 30.0 Å². The Morgan fingerprint density at radius 2 is 2.00 bits per heavy atom. The lowest BCUT2D eigenvalue weighted by Gasteiger charge is -2.03. The third kappa shape index (κ3) is 4.35. The maximum atomic E-state index is 8.95. The number of ether oxygens (including phenoxy) is 1. The molecule has 0 unspecified atom stereocenters. The van der Waals surface area contributed by atoms with Crippen molar-refractivity contribution in [3.8, 4) is 5.75 Å². The summed E-state index contributed by atoms with van der Waals surface area (Å²) in [6.45, 7) is 4.62. The predicted octanol–water partition coefficient (Wildman–Crippen LogP) is 2.73. The van der Waals surface area contributed by atoms with Crippen LogP contribution in [0.2, 0.25) is 0 Å². The van der Waals surface area contributed by atoms with Gasteiger partial charge in [0.15, 0.2) is 12.4 Å². The quantitative estimate of drug-likeness (QED) is 0.842. The first kappa shape index (κ1) is 14.5. The Morgan fingerprint density at radius 3 is 2.65 bits per heavy atom. The molecule has 0 aliphatic heterocycles. The Kier molecular flexibility index (Phi) is 5.12. The molecule has 20 heavy (non-hydrogen) atoms. The third-order valence-electron chi connectivity index (χ3n) is 2.92. The number of benzene rings is 1. The molecule has 0 saturated carbocycles. The fourth-order valence-electron chi connectivity index (χ4n) is 1.70. The fraction of sp³-hybridized carbons (Fsp3) is 0.467. The first-order chi connectivity index (χ1) is 9.67. The van der Waals surface area contributed by atoms with Gasteiger partial charge in [0.05, 0.1) is 6.61 Å². The van der Waals surface area contributed by atoms with Crippen LogP contribution in [-0.2, 0) is 19.6 Å². The molecule has 0 radical (unpaired) electrons. The van der Waals surface area contributed by atoms with E-state index in [2.05, 4.69) is 24.0 Å². The second kappa shape index (κ2) is 7.05. The first-order valence-electron chi connectivity index (χ1n) is 6.81. The number of aliphatic hydroxyl groups excluding tert-OH is 1. The van der Waals surface area contributed by atoms with Crippen molar-refractivity contribution in [1.82, 2.24) is 10.1 Å². The van der Waals surface area contributed by atoms with E-state index in [1.54, 1.807) is 0 Å². The molecule has 0 aliphatic carbocycles. The van der Waals surface area contributed by atoms with Gasteiger partial charge in [0, 0.05) is 6.42 Å². The highest BCUT2D eigenvalue weighted by molar-refractivity contribution is 5.26. The number of aliphatic hydroxyl groups is 1.